The monoisotopic (exact) mass is 244 g/mol. The molecule has 0 amide bonds. The first kappa shape index (κ1) is 12.9. The Morgan fingerprint density at radius 1 is 1.39 bits per heavy atom. The summed E-state index contributed by atoms with van der Waals surface area (Å²) in [5.41, 5.74) is 2.10. The SMILES string of the molecule is COc1ccc(C(C#N)NC2CCCC2)cc1C. The molecule has 0 spiro atoms. The van der Waals surface area contributed by atoms with Crippen LogP contribution in [0.4, 0.5) is 0 Å². The van der Waals surface area contributed by atoms with E-state index < -0.39 is 0 Å². The molecule has 1 unspecified atom stereocenters. The number of nitriles is 1. The van der Waals surface area contributed by atoms with E-state index in [0.29, 0.717) is 6.04 Å². The van der Waals surface area contributed by atoms with Crippen molar-refractivity contribution in [1.29, 1.82) is 5.26 Å². The lowest BCUT2D eigenvalue weighted by atomic mass is 10.0. The molecule has 18 heavy (non-hydrogen) atoms. The molecule has 1 fully saturated rings. The van der Waals surface area contributed by atoms with Crippen molar-refractivity contribution >= 4 is 0 Å². The summed E-state index contributed by atoms with van der Waals surface area (Å²) in [6, 6.07) is 8.59. The number of rotatable bonds is 4. The molecule has 0 heterocycles. The smallest absolute Gasteiger partial charge is 0.121 e. The standard InChI is InChI=1S/C15H20N2O/c1-11-9-12(7-8-15(11)18-2)14(10-16)17-13-5-3-4-6-13/h7-9,13-14,17H,3-6H2,1-2H3. The van der Waals surface area contributed by atoms with E-state index in [9.17, 15) is 5.26 Å². The highest BCUT2D eigenvalue weighted by atomic mass is 16.5. The first-order valence-electron chi connectivity index (χ1n) is 6.55. The highest BCUT2D eigenvalue weighted by molar-refractivity contribution is 5.38. The summed E-state index contributed by atoms with van der Waals surface area (Å²) in [4.78, 5) is 0. The lowest BCUT2D eigenvalue weighted by Gasteiger charge is -2.18. The number of nitrogens with one attached hydrogen (secondary N) is 1. The molecule has 1 saturated carbocycles. The van der Waals surface area contributed by atoms with E-state index in [2.05, 4.69) is 11.4 Å². The maximum atomic E-state index is 9.31. The van der Waals surface area contributed by atoms with Crippen LogP contribution in [-0.4, -0.2) is 13.2 Å². The molecular weight excluding hydrogens is 224 g/mol. The van der Waals surface area contributed by atoms with Gasteiger partial charge in [-0.3, -0.25) is 5.32 Å². The van der Waals surface area contributed by atoms with Gasteiger partial charge in [-0.15, -0.1) is 0 Å². The minimum atomic E-state index is -0.210. The number of ether oxygens (including phenoxy) is 1. The van der Waals surface area contributed by atoms with Gasteiger partial charge in [0.1, 0.15) is 11.8 Å². The Morgan fingerprint density at radius 3 is 2.67 bits per heavy atom. The summed E-state index contributed by atoms with van der Waals surface area (Å²) in [5.74, 6) is 0.872. The van der Waals surface area contributed by atoms with E-state index in [1.807, 2.05) is 25.1 Å². The van der Waals surface area contributed by atoms with Gasteiger partial charge in [-0.05, 0) is 43.0 Å². The summed E-state index contributed by atoms with van der Waals surface area (Å²) < 4.78 is 5.24. The Bertz CT molecular complexity index is 444. The van der Waals surface area contributed by atoms with Crippen LogP contribution in [0.5, 0.6) is 5.75 Å². The molecule has 0 radical (unpaired) electrons. The lowest BCUT2D eigenvalue weighted by molar-refractivity contribution is 0.411. The van der Waals surface area contributed by atoms with Crippen molar-refractivity contribution in [2.45, 2.75) is 44.7 Å². The third kappa shape index (κ3) is 2.83. The van der Waals surface area contributed by atoms with Crippen LogP contribution in [0.3, 0.4) is 0 Å². The second-order valence-electron chi connectivity index (χ2n) is 4.94. The van der Waals surface area contributed by atoms with Gasteiger partial charge in [0, 0.05) is 6.04 Å². The number of nitrogens with zero attached hydrogens (tertiary/aromatic N) is 1. The lowest BCUT2D eigenvalue weighted by Crippen LogP contribution is -2.29. The third-order valence-corrected chi connectivity index (χ3v) is 3.64. The van der Waals surface area contributed by atoms with Crippen molar-refractivity contribution in [3.63, 3.8) is 0 Å². The average molecular weight is 244 g/mol. The molecular formula is C15H20N2O. The minimum Gasteiger partial charge on any atom is -0.496 e. The van der Waals surface area contributed by atoms with Crippen molar-refractivity contribution in [3.05, 3.63) is 29.3 Å². The molecule has 2 rings (SSSR count). The van der Waals surface area contributed by atoms with Crippen LogP contribution >= 0.6 is 0 Å². The van der Waals surface area contributed by atoms with Crippen LogP contribution in [0.15, 0.2) is 18.2 Å². The number of benzene rings is 1. The van der Waals surface area contributed by atoms with E-state index in [0.717, 1.165) is 16.9 Å². The second kappa shape index (κ2) is 5.88. The molecule has 0 aliphatic heterocycles. The molecule has 96 valence electrons. The van der Waals surface area contributed by atoms with Crippen LogP contribution in [-0.2, 0) is 0 Å². The summed E-state index contributed by atoms with van der Waals surface area (Å²) >= 11 is 0. The maximum absolute atomic E-state index is 9.31. The summed E-state index contributed by atoms with van der Waals surface area (Å²) in [6.45, 7) is 2.01. The quantitative estimate of drug-likeness (QED) is 0.885. The van der Waals surface area contributed by atoms with Gasteiger partial charge in [-0.1, -0.05) is 18.9 Å². The Morgan fingerprint density at radius 2 is 2.11 bits per heavy atom. The van der Waals surface area contributed by atoms with Gasteiger partial charge in [-0.25, -0.2) is 0 Å². The van der Waals surface area contributed by atoms with Crippen molar-refractivity contribution < 1.29 is 4.74 Å². The van der Waals surface area contributed by atoms with Gasteiger partial charge in [0.25, 0.3) is 0 Å². The number of hydrogen-bond acceptors (Lipinski definition) is 3. The molecule has 1 N–H and O–H groups in total. The van der Waals surface area contributed by atoms with Crippen LogP contribution in [0.1, 0.15) is 42.9 Å². The van der Waals surface area contributed by atoms with Gasteiger partial charge < -0.3 is 4.74 Å². The van der Waals surface area contributed by atoms with Crippen LogP contribution in [0.25, 0.3) is 0 Å². The number of hydrogen-bond donors (Lipinski definition) is 1. The predicted octanol–water partition coefficient (Wildman–Crippen LogP) is 3.10. The first-order chi connectivity index (χ1) is 8.74. The fourth-order valence-electron chi connectivity index (χ4n) is 2.62. The second-order valence-corrected chi connectivity index (χ2v) is 4.94. The number of aryl methyl sites for hydroxylation is 1. The molecule has 0 bridgehead atoms. The Hall–Kier alpha value is -1.53. The maximum Gasteiger partial charge on any atom is 0.121 e. The van der Waals surface area contributed by atoms with E-state index in [-0.39, 0.29) is 6.04 Å². The van der Waals surface area contributed by atoms with Crippen molar-refractivity contribution in [2.24, 2.45) is 0 Å². The molecule has 1 atom stereocenters. The van der Waals surface area contributed by atoms with Crippen molar-refractivity contribution in [1.82, 2.24) is 5.32 Å². The summed E-state index contributed by atoms with van der Waals surface area (Å²) in [5, 5.41) is 12.8. The zero-order valence-electron chi connectivity index (χ0n) is 11.1. The van der Waals surface area contributed by atoms with Crippen LogP contribution in [0.2, 0.25) is 0 Å². The summed E-state index contributed by atoms with van der Waals surface area (Å²) in [7, 11) is 1.67. The zero-order chi connectivity index (χ0) is 13.0. The third-order valence-electron chi connectivity index (χ3n) is 3.64. The molecule has 0 aromatic heterocycles. The van der Waals surface area contributed by atoms with Gasteiger partial charge in [-0.2, -0.15) is 5.26 Å². The first-order valence-corrected chi connectivity index (χ1v) is 6.55. The average Bonchev–Trinajstić information content (AvgIpc) is 2.88. The highest BCUT2D eigenvalue weighted by Gasteiger charge is 2.20. The van der Waals surface area contributed by atoms with Crippen LogP contribution in [0, 0.1) is 18.3 Å². The molecule has 1 aromatic rings. The number of methoxy groups -OCH3 is 1. The Labute approximate surface area is 109 Å². The largest absolute Gasteiger partial charge is 0.496 e. The molecule has 1 aliphatic carbocycles. The molecule has 3 nitrogen and oxygen atoms in total. The zero-order valence-corrected chi connectivity index (χ0v) is 11.1. The predicted molar refractivity (Wildman–Crippen MR) is 71.5 cm³/mol. The van der Waals surface area contributed by atoms with E-state index in [1.165, 1.54) is 25.7 Å². The molecule has 3 heteroatoms. The van der Waals surface area contributed by atoms with Gasteiger partial charge in [0.2, 0.25) is 0 Å². The Balaban J connectivity index is 2.12. The minimum absolute atomic E-state index is 0.210. The van der Waals surface area contributed by atoms with Crippen molar-refractivity contribution in [2.75, 3.05) is 7.11 Å². The van der Waals surface area contributed by atoms with E-state index in [1.54, 1.807) is 7.11 Å². The topological polar surface area (TPSA) is 45.0 Å². The molecule has 1 aliphatic rings. The molecule has 0 saturated heterocycles. The van der Waals surface area contributed by atoms with Crippen molar-refractivity contribution in [3.8, 4) is 11.8 Å². The van der Waals surface area contributed by atoms with Crippen LogP contribution < -0.4 is 10.1 Å². The Kier molecular flexibility index (Phi) is 4.22. The van der Waals surface area contributed by atoms with E-state index >= 15 is 0 Å². The highest BCUT2D eigenvalue weighted by Crippen LogP contribution is 2.25. The summed E-state index contributed by atoms with van der Waals surface area (Å²) in [6.07, 6.45) is 4.93. The fourth-order valence-corrected chi connectivity index (χ4v) is 2.62. The van der Waals surface area contributed by atoms with Gasteiger partial charge in [0.05, 0.1) is 13.2 Å². The van der Waals surface area contributed by atoms with Gasteiger partial charge >= 0.3 is 0 Å². The fraction of sp³-hybridized carbons (Fsp3) is 0.533. The van der Waals surface area contributed by atoms with Gasteiger partial charge in [0.15, 0.2) is 0 Å². The molecule has 1 aromatic carbocycles. The van der Waals surface area contributed by atoms with E-state index in [4.69, 9.17) is 4.74 Å². The normalized spacial score (nSPS) is 17.4.